The van der Waals surface area contributed by atoms with Gasteiger partial charge in [-0.1, -0.05) is 0 Å². The molecule has 1 atom stereocenters. The molecular weight excluding hydrogens is 364 g/mol. The van der Waals surface area contributed by atoms with Crippen LogP contribution in [-0.4, -0.2) is 53.1 Å². The number of hydrogen-bond donors (Lipinski definition) is 2. The normalized spacial score (nSPS) is 18.0. The fraction of sp³-hybridized carbons (Fsp3) is 0.500. The van der Waals surface area contributed by atoms with Gasteiger partial charge in [0.05, 0.1) is 38.4 Å². The summed E-state index contributed by atoms with van der Waals surface area (Å²) in [6, 6.07) is 3.02. The largest absolute Gasteiger partial charge is 0.493 e. The Morgan fingerprint density at radius 1 is 1.08 bits per heavy atom. The molecule has 2 rings (SSSR count). The van der Waals surface area contributed by atoms with Crippen LogP contribution in [0.3, 0.4) is 0 Å². The Morgan fingerprint density at radius 3 is 2.31 bits per heavy atom. The molecule has 2 amide bonds. The average Bonchev–Trinajstić information content (AvgIpc) is 2.96. The van der Waals surface area contributed by atoms with E-state index in [2.05, 4.69) is 10.9 Å². The smallest absolute Gasteiger partial charge is 0.273 e. The van der Waals surface area contributed by atoms with Gasteiger partial charge in [-0.15, -0.1) is 0 Å². The molecular formula is C16H22N2O7S. The summed E-state index contributed by atoms with van der Waals surface area (Å²) < 4.78 is 38.4. The van der Waals surface area contributed by atoms with Crippen LogP contribution in [-0.2, 0) is 14.6 Å². The molecule has 1 aliphatic heterocycles. The predicted molar refractivity (Wildman–Crippen MR) is 93.1 cm³/mol. The monoisotopic (exact) mass is 386 g/mol. The van der Waals surface area contributed by atoms with E-state index in [0.29, 0.717) is 12.2 Å². The molecule has 1 aromatic carbocycles. The third-order valence-electron chi connectivity index (χ3n) is 4.07. The third kappa shape index (κ3) is 4.57. The number of hydrogen-bond acceptors (Lipinski definition) is 7. The molecule has 0 spiro atoms. The molecule has 0 radical (unpaired) electrons. The summed E-state index contributed by atoms with van der Waals surface area (Å²) in [5.41, 5.74) is 4.73. The summed E-state index contributed by atoms with van der Waals surface area (Å²) in [7, 11) is 1.21. The van der Waals surface area contributed by atoms with Crippen molar-refractivity contribution in [3.05, 3.63) is 17.7 Å². The maximum absolute atomic E-state index is 12.3. The summed E-state index contributed by atoms with van der Waals surface area (Å²) in [6.07, 6.45) is 0.482. The number of carbonyl (C=O) groups is 2. The third-order valence-corrected chi connectivity index (χ3v) is 5.90. The van der Waals surface area contributed by atoms with Crippen molar-refractivity contribution in [3.8, 4) is 17.2 Å². The lowest BCUT2D eigenvalue weighted by Gasteiger charge is -2.16. The van der Waals surface area contributed by atoms with Crippen molar-refractivity contribution in [2.45, 2.75) is 12.8 Å². The van der Waals surface area contributed by atoms with Crippen molar-refractivity contribution in [3.63, 3.8) is 0 Å². The number of sulfone groups is 1. The van der Waals surface area contributed by atoms with Gasteiger partial charge in [0.2, 0.25) is 11.7 Å². The van der Waals surface area contributed by atoms with Gasteiger partial charge < -0.3 is 14.2 Å². The molecule has 1 fully saturated rings. The van der Waals surface area contributed by atoms with Gasteiger partial charge in [-0.05, 0) is 24.5 Å². The van der Waals surface area contributed by atoms with Gasteiger partial charge in [-0.25, -0.2) is 8.42 Å². The SMILES string of the molecule is COc1ccc(C(=O)NNC(=O)C[C@@H]2CCS(=O)(=O)C2)c(OC)c1OC. The van der Waals surface area contributed by atoms with E-state index in [0.717, 1.165) is 0 Å². The van der Waals surface area contributed by atoms with E-state index in [-0.39, 0.29) is 40.9 Å². The summed E-state index contributed by atoms with van der Waals surface area (Å²) in [5.74, 6) is -0.376. The first-order valence-corrected chi connectivity index (χ1v) is 9.72. The van der Waals surface area contributed by atoms with Crippen LogP contribution in [0.2, 0.25) is 0 Å². The van der Waals surface area contributed by atoms with Crippen molar-refractivity contribution < 1.29 is 32.2 Å². The second-order valence-electron chi connectivity index (χ2n) is 5.86. The number of rotatable bonds is 6. The van der Waals surface area contributed by atoms with E-state index in [1.165, 1.54) is 27.4 Å². The standard InChI is InChI=1S/C16H22N2O7S/c1-23-12-5-4-11(14(24-2)15(12)25-3)16(20)18-17-13(19)8-10-6-7-26(21,22)9-10/h4-5,10H,6-9H2,1-3H3,(H,17,19)(H,18,20)/t10-/m0/s1. The van der Waals surface area contributed by atoms with Crippen LogP contribution in [0, 0.1) is 5.92 Å². The molecule has 0 bridgehead atoms. The van der Waals surface area contributed by atoms with Crippen LogP contribution in [0.5, 0.6) is 17.2 Å². The Labute approximate surface area is 151 Å². The summed E-state index contributed by atoms with van der Waals surface area (Å²) in [5, 5.41) is 0. The van der Waals surface area contributed by atoms with E-state index in [1.807, 2.05) is 0 Å². The molecule has 1 aromatic rings. The Bertz CT molecular complexity index is 792. The van der Waals surface area contributed by atoms with Gasteiger partial charge in [0.25, 0.3) is 5.91 Å². The summed E-state index contributed by atoms with van der Waals surface area (Å²) in [4.78, 5) is 24.3. The lowest BCUT2D eigenvalue weighted by Crippen LogP contribution is -2.42. The molecule has 26 heavy (non-hydrogen) atoms. The van der Waals surface area contributed by atoms with Crippen LogP contribution < -0.4 is 25.1 Å². The van der Waals surface area contributed by atoms with Crippen molar-refractivity contribution in [1.29, 1.82) is 0 Å². The molecule has 2 N–H and O–H groups in total. The molecule has 0 unspecified atom stereocenters. The van der Waals surface area contributed by atoms with Crippen LogP contribution >= 0.6 is 0 Å². The minimum Gasteiger partial charge on any atom is -0.493 e. The number of ether oxygens (including phenoxy) is 3. The second-order valence-corrected chi connectivity index (χ2v) is 8.09. The predicted octanol–water partition coefficient (Wildman–Crippen LogP) is 0.298. The molecule has 0 aliphatic carbocycles. The number of amides is 2. The van der Waals surface area contributed by atoms with E-state index < -0.39 is 21.7 Å². The number of benzene rings is 1. The maximum atomic E-state index is 12.3. The van der Waals surface area contributed by atoms with Gasteiger partial charge in [-0.2, -0.15) is 0 Å². The van der Waals surface area contributed by atoms with Gasteiger partial charge in [-0.3, -0.25) is 20.4 Å². The maximum Gasteiger partial charge on any atom is 0.273 e. The second kappa shape index (κ2) is 8.26. The van der Waals surface area contributed by atoms with Crippen LogP contribution in [0.15, 0.2) is 12.1 Å². The Hall–Kier alpha value is -2.49. The van der Waals surface area contributed by atoms with Crippen molar-refractivity contribution in [2.75, 3.05) is 32.8 Å². The zero-order valence-corrected chi connectivity index (χ0v) is 15.6. The molecule has 9 nitrogen and oxygen atoms in total. The fourth-order valence-corrected chi connectivity index (χ4v) is 4.68. The zero-order valence-electron chi connectivity index (χ0n) is 14.8. The molecule has 0 saturated carbocycles. The van der Waals surface area contributed by atoms with E-state index in [4.69, 9.17) is 14.2 Å². The minimum atomic E-state index is -3.05. The molecule has 144 valence electrons. The highest BCUT2D eigenvalue weighted by molar-refractivity contribution is 7.91. The fourth-order valence-electron chi connectivity index (χ4n) is 2.82. The van der Waals surface area contributed by atoms with Crippen molar-refractivity contribution >= 4 is 21.7 Å². The van der Waals surface area contributed by atoms with E-state index in [1.54, 1.807) is 6.07 Å². The number of methoxy groups -OCH3 is 3. The van der Waals surface area contributed by atoms with Gasteiger partial charge >= 0.3 is 0 Å². The van der Waals surface area contributed by atoms with Crippen LogP contribution in [0.1, 0.15) is 23.2 Å². The molecule has 1 saturated heterocycles. The van der Waals surface area contributed by atoms with Gasteiger partial charge in [0.15, 0.2) is 21.3 Å². The Morgan fingerprint density at radius 2 is 1.77 bits per heavy atom. The number of carbonyl (C=O) groups excluding carboxylic acids is 2. The number of hydrazine groups is 1. The van der Waals surface area contributed by atoms with Gasteiger partial charge in [0, 0.05) is 6.42 Å². The number of nitrogens with one attached hydrogen (secondary N) is 2. The Kier molecular flexibility index (Phi) is 6.30. The van der Waals surface area contributed by atoms with Crippen molar-refractivity contribution in [2.24, 2.45) is 5.92 Å². The first-order chi connectivity index (χ1) is 12.3. The van der Waals surface area contributed by atoms with E-state index >= 15 is 0 Å². The molecule has 10 heteroatoms. The molecule has 1 aliphatic rings. The molecule has 1 heterocycles. The Balaban J connectivity index is 2.00. The first kappa shape index (κ1) is 19.8. The van der Waals surface area contributed by atoms with Gasteiger partial charge in [0.1, 0.15) is 0 Å². The summed E-state index contributed by atoms with van der Waals surface area (Å²) >= 11 is 0. The molecule has 0 aromatic heterocycles. The highest BCUT2D eigenvalue weighted by Crippen LogP contribution is 2.39. The van der Waals surface area contributed by atoms with E-state index in [9.17, 15) is 18.0 Å². The van der Waals surface area contributed by atoms with Crippen molar-refractivity contribution in [1.82, 2.24) is 10.9 Å². The highest BCUT2D eigenvalue weighted by Gasteiger charge is 2.29. The zero-order chi connectivity index (χ0) is 19.3. The average molecular weight is 386 g/mol. The van der Waals surface area contributed by atoms with Crippen LogP contribution in [0.25, 0.3) is 0 Å². The lowest BCUT2D eigenvalue weighted by atomic mass is 10.1. The topological polar surface area (TPSA) is 120 Å². The highest BCUT2D eigenvalue weighted by atomic mass is 32.2. The summed E-state index contributed by atoms with van der Waals surface area (Å²) in [6.45, 7) is 0. The first-order valence-electron chi connectivity index (χ1n) is 7.90. The lowest BCUT2D eigenvalue weighted by molar-refractivity contribution is -0.122. The minimum absolute atomic E-state index is 0.00212. The van der Waals surface area contributed by atoms with Crippen LogP contribution in [0.4, 0.5) is 0 Å². The quantitative estimate of drug-likeness (QED) is 0.675.